The summed E-state index contributed by atoms with van der Waals surface area (Å²) in [6.45, 7) is 2.01. The van der Waals surface area contributed by atoms with Crippen LogP contribution in [0.2, 0.25) is 0 Å². The summed E-state index contributed by atoms with van der Waals surface area (Å²) in [5.41, 5.74) is 1.54. The van der Waals surface area contributed by atoms with Gasteiger partial charge in [-0.1, -0.05) is 29.8 Å². The van der Waals surface area contributed by atoms with Crippen LogP contribution in [0.15, 0.2) is 24.3 Å². The van der Waals surface area contributed by atoms with Crippen molar-refractivity contribution >= 4 is 5.91 Å². The highest BCUT2D eigenvalue weighted by Gasteiger charge is 2.35. The zero-order chi connectivity index (χ0) is 13.0. The van der Waals surface area contributed by atoms with Crippen molar-refractivity contribution in [3.8, 4) is 6.07 Å². The van der Waals surface area contributed by atoms with E-state index in [0.29, 0.717) is 6.42 Å². The number of nitriles is 1. The minimum Gasteiger partial charge on any atom is -0.338 e. The standard InChI is InChI=1S/C15H18N2O/c1-12-5-4-6-13(9-12)10-14(18)17-15(11-16)7-2-3-8-15/h4-6,9H,2-3,7-8,10H2,1H3,(H,17,18). The van der Waals surface area contributed by atoms with Gasteiger partial charge in [-0.2, -0.15) is 5.26 Å². The lowest BCUT2D eigenvalue weighted by Gasteiger charge is -2.21. The Morgan fingerprint density at radius 2 is 2.17 bits per heavy atom. The summed E-state index contributed by atoms with van der Waals surface area (Å²) >= 11 is 0. The Morgan fingerprint density at radius 3 is 2.78 bits per heavy atom. The van der Waals surface area contributed by atoms with E-state index in [1.807, 2.05) is 31.2 Å². The summed E-state index contributed by atoms with van der Waals surface area (Å²) in [4.78, 5) is 12.0. The molecule has 0 bridgehead atoms. The molecule has 1 fully saturated rings. The van der Waals surface area contributed by atoms with Gasteiger partial charge < -0.3 is 5.32 Å². The smallest absolute Gasteiger partial charge is 0.225 e. The van der Waals surface area contributed by atoms with E-state index in [9.17, 15) is 10.1 Å². The van der Waals surface area contributed by atoms with Crippen LogP contribution in [0.4, 0.5) is 0 Å². The molecule has 0 saturated heterocycles. The third kappa shape index (κ3) is 2.89. The molecule has 0 aromatic heterocycles. The second-order valence-corrected chi connectivity index (χ2v) is 5.12. The van der Waals surface area contributed by atoms with Crippen LogP contribution in [0, 0.1) is 18.3 Å². The van der Waals surface area contributed by atoms with Crippen molar-refractivity contribution in [3.63, 3.8) is 0 Å². The first-order chi connectivity index (χ1) is 8.63. The maximum absolute atomic E-state index is 12.0. The predicted octanol–water partition coefficient (Wildman–Crippen LogP) is 2.49. The third-order valence-corrected chi connectivity index (χ3v) is 3.50. The van der Waals surface area contributed by atoms with E-state index in [4.69, 9.17) is 0 Å². The molecule has 1 aromatic rings. The van der Waals surface area contributed by atoms with Gasteiger partial charge in [0.15, 0.2) is 0 Å². The average Bonchev–Trinajstić information content (AvgIpc) is 2.78. The van der Waals surface area contributed by atoms with Crippen molar-refractivity contribution in [1.82, 2.24) is 5.32 Å². The molecule has 0 spiro atoms. The first kappa shape index (κ1) is 12.6. The third-order valence-electron chi connectivity index (χ3n) is 3.50. The Morgan fingerprint density at radius 1 is 1.44 bits per heavy atom. The molecule has 0 aliphatic heterocycles. The highest BCUT2D eigenvalue weighted by Crippen LogP contribution is 2.28. The van der Waals surface area contributed by atoms with Gasteiger partial charge in [0, 0.05) is 0 Å². The predicted molar refractivity (Wildman–Crippen MR) is 69.8 cm³/mol. The summed E-state index contributed by atoms with van der Waals surface area (Å²) in [5.74, 6) is -0.0518. The zero-order valence-corrected chi connectivity index (χ0v) is 10.7. The van der Waals surface area contributed by atoms with Gasteiger partial charge in [0.05, 0.1) is 12.5 Å². The fourth-order valence-corrected chi connectivity index (χ4v) is 2.56. The van der Waals surface area contributed by atoms with Crippen LogP contribution in [-0.4, -0.2) is 11.4 Å². The van der Waals surface area contributed by atoms with Crippen LogP contribution in [0.25, 0.3) is 0 Å². The van der Waals surface area contributed by atoms with Crippen LogP contribution < -0.4 is 5.32 Å². The summed E-state index contributed by atoms with van der Waals surface area (Å²) in [7, 11) is 0. The molecule has 1 aromatic carbocycles. The first-order valence-electron chi connectivity index (χ1n) is 6.41. The topological polar surface area (TPSA) is 52.9 Å². The lowest BCUT2D eigenvalue weighted by Crippen LogP contribution is -2.45. The van der Waals surface area contributed by atoms with Crippen molar-refractivity contribution in [2.24, 2.45) is 0 Å². The number of carbonyl (C=O) groups excluding carboxylic acids is 1. The van der Waals surface area contributed by atoms with Crippen LogP contribution in [0.3, 0.4) is 0 Å². The van der Waals surface area contributed by atoms with E-state index in [0.717, 1.165) is 36.8 Å². The Bertz CT molecular complexity index is 482. The second kappa shape index (κ2) is 5.22. The van der Waals surface area contributed by atoms with Crippen molar-refractivity contribution in [2.75, 3.05) is 0 Å². The van der Waals surface area contributed by atoms with Gasteiger partial charge in [0.25, 0.3) is 0 Å². The van der Waals surface area contributed by atoms with Gasteiger partial charge in [0.2, 0.25) is 5.91 Å². The highest BCUT2D eigenvalue weighted by atomic mass is 16.1. The van der Waals surface area contributed by atoms with Gasteiger partial charge in [-0.25, -0.2) is 0 Å². The largest absolute Gasteiger partial charge is 0.338 e. The molecule has 3 heteroatoms. The SMILES string of the molecule is Cc1cccc(CC(=O)NC2(C#N)CCCC2)c1. The Labute approximate surface area is 108 Å². The number of benzene rings is 1. The van der Waals surface area contributed by atoms with Crippen molar-refractivity contribution in [3.05, 3.63) is 35.4 Å². The van der Waals surface area contributed by atoms with E-state index in [1.54, 1.807) is 0 Å². The van der Waals surface area contributed by atoms with Gasteiger partial charge in [-0.15, -0.1) is 0 Å². The monoisotopic (exact) mass is 242 g/mol. The summed E-state index contributed by atoms with van der Waals surface area (Å²) in [5, 5.41) is 12.1. The first-order valence-corrected chi connectivity index (χ1v) is 6.41. The summed E-state index contributed by atoms with van der Waals surface area (Å²) in [6, 6.07) is 10.2. The average molecular weight is 242 g/mol. The van der Waals surface area contributed by atoms with E-state index in [2.05, 4.69) is 11.4 Å². The fourth-order valence-electron chi connectivity index (χ4n) is 2.56. The molecular weight excluding hydrogens is 224 g/mol. The molecule has 0 radical (unpaired) electrons. The lowest BCUT2D eigenvalue weighted by atomic mass is 9.99. The normalized spacial score (nSPS) is 17.1. The van der Waals surface area contributed by atoms with Crippen molar-refractivity contribution < 1.29 is 4.79 Å². The molecule has 3 nitrogen and oxygen atoms in total. The minimum atomic E-state index is -0.610. The van der Waals surface area contributed by atoms with Gasteiger partial charge in [-0.3, -0.25) is 4.79 Å². The minimum absolute atomic E-state index is 0.0518. The Balaban J connectivity index is 1.99. The highest BCUT2D eigenvalue weighted by molar-refractivity contribution is 5.79. The lowest BCUT2D eigenvalue weighted by molar-refractivity contribution is -0.121. The van der Waals surface area contributed by atoms with Crippen molar-refractivity contribution in [1.29, 1.82) is 5.26 Å². The van der Waals surface area contributed by atoms with Crippen molar-refractivity contribution in [2.45, 2.75) is 44.6 Å². The molecule has 1 aliphatic carbocycles. The van der Waals surface area contributed by atoms with Gasteiger partial charge in [-0.05, 0) is 38.2 Å². The number of nitrogens with one attached hydrogen (secondary N) is 1. The van der Waals surface area contributed by atoms with Gasteiger partial charge >= 0.3 is 0 Å². The van der Waals surface area contributed by atoms with E-state index in [-0.39, 0.29) is 5.91 Å². The molecule has 0 atom stereocenters. The van der Waals surface area contributed by atoms with E-state index < -0.39 is 5.54 Å². The molecule has 1 N–H and O–H groups in total. The number of hydrogen-bond donors (Lipinski definition) is 1. The van der Waals surface area contributed by atoms with Gasteiger partial charge in [0.1, 0.15) is 5.54 Å². The number of hydrogen-bond acceptors (Lipinski definition) is 2. The fraction of sp³-hybridized carbons (Fsp3) is 0.467. The maximum atomic E-state index is 12.0. The zero-order valence-electron chi connectivity index (χ0n) is 10.7. The van der Waals surface area contributed by atoms with Crippen LogP contribution in [0.5, 0.6) is 0 Å². The molecule has 94 valence electrons. The second-order valence-electron chi connectivity index (χ2n) is 5.12. The number of aryl methyl sites for hydroxylation is 1. The molecule has 18 heavy (non-hydrogen) atoms. The molecule has 1 saturated carbocycles. The number of amides is 1. The molecule has 1 aliphatic rings. The van der Waals surface area contributed by atoms with Crippen LogP contribution >= 0.6 is 0 Å². The van der Waals surface area contributed by atoms with E-state index in [1.165, 1.54) is 0 Å². The Kier molecular flexibility index (Phi) is 3.66. The summed E-state index contributed by atoms with van der Waals surface area (Å²) < 4.78 is 0. The molecule has 1 amide bonds. The number of carbonyl (C=O) groups is 1. The molecule has 0 unspecified atom stereocenters. The van der Waals surface area contributed by atoms with E-state index >= 15 is 0 Å². The Hall–Kier alpha value is -1.82. The van der Waals surface area contributed by atoms with Crippen LogP contribution in [-0.2, 0) is 11.2 Å². The molecule has 2 rings (SSSR count). The molecule has 0 heterocycles. The molecular formula is C15H18N2O. The maximum Gasteiger partial charge on any atom is 0.225 e. The quantitative estimate of drug-likeness (QED) is 0.885. The van der Waals surface area contributed by atoms with Crippen LogP contribution in [0.1, 0.15) is 36.8 Å². The number of nitrogens with zero attached hydrogens (tertiary/aromatic N) is 1. The number of rotatable bonds is 3. The summed E-state index contributed by atoms with van der Waals surface area (Å²) in [6.07, 6.45) is 3.97.